The molecule has 0 unspecified atom stereocenters. The van der Waals surface area contributed by atoms with E-state index in [-0.39, 0.29) is 18.0 Å². The number of rotatable bonds is 16. The second kappa shape index (κ2) is 17.1. The number of allylic oxidation sites excluding steroid dienone is 6. The number of ketones is 1. The van der Waals surface area contributed by atoms with E-state index in [0.717, 1.165) is 58.7 Å². The van der Waals surface area contributed by atoms with Crippen molar-refractivity contribution in [3.63, 3.8) is 0 Å². The minimum absolute atomic E-state index is 0.0729. The Hall–Kier alpha value is -3.19. The third kappa shape index (κ3) is 11.6. The van der Waals surface area contributed by atoms with E-state index in [1.54, 1.807) is 0 Å². The van der Waals surface area contributed by atoms with Gasteiger partial charge in [-0.2, -0.15) is 4.33 Å². The molecule has 0 atom stereocenters. The molecule has 0 saturated heterocycles. The molecule has 2 aromatic carbocycles. The Kier molecular flexibility index (Phi) is 13.5. The summed E-state index contributed by atoms with van der Waals surface area (Å²) in [5.74, 6) is 0.363. The van der Waals surface area contributed by atoms with Gasteiger partial charge < -0.3 is 19.6 Å². The van der Waals surface area contributed by atoms with E-state index in [1.165, 1.54) is 0 Å². The van der Waals surface area contributed by atoms with E-state index < -0.39 is 10.1 Å². The van der Waals surface area contributed by atoms with Crippen LogP contribution in [0, 0.1) is 0 Å². The summed E-state index contributed by atoms with van der Waals surface area (Å²) < 4.78 is 36.6. The van der Waals surface area contributed by atoms with Gasteiger partial charge in [0.25, 0.3) is 0 Å². The van der Waals surface area contributed by atoms with Gasteiger partial charge in [0.2, 0.25) is 0 Å². The summed E-state index contributed by atoms with van der Waals surface area (Å²) in [6, 6.07) is 15.9. The van der Waals surface area contributed by atoms with Crippen molar-refractivity contribution in [2.45, 2.75) is 25.7 Å². The molecule has 1 fully saturated rings. The molecule has 0 aliphatic heterocycles. The Morgan fingerprint density at radius 1 is 0.833 bits per heavy atom. The third-order valence-corrected chi connectivity index (χ3v) is 8.17. The van der Waals surface area contributed by atoms with Crippen LogP contribution in [0.25, 0.3) is 12.2 Å². The molecular weight excluding hydrogens is 576 g/mol. The Labute approximate surface area is 252 Å². The van der Waals surface area contributed by atoms with Gasteiger partial charge >= 0.3 is 0 Å². The minimum Gasteiger partial charge on any atom is -0.748 e. The molecule has 9 nitrogen and oxygen atoms in total. The molecule has 1 aliphatic rings. The van der Waals surface area contributed by atoms with Crippen LogP contribution in [-0.2, 0) is 24.3 Å². The van der Waals surface area contributed by atoms with Gasteiger partial charge in [0, 0.05) is 73.3 Å². The topological polar surface area (TPSA) is 122 Å². The first-order valence-electron chi connectivity index (χ1n) is 13.6. The van der Waals surface area contributed by atoms with E-state index in [0.29, 0.717) is 25.1 Å². The SMILES string of the molecule is CN(CCCSOO[O-])c1ccc(C=CC=C2CCC(=CC=Cc3ccc(N(C)CCCS(=O)(=O)[O-])cc3)C2=O)cc1. The number of hydrogen-bond donors (Lipinski definition) is 0. The van der Waals surface area contributed by atoms with Crippen LogP contribution in [0.1, 0.15) is 36.8 Å². The zero-order valence-electron chi connectivity index (χ0n) is 23.8. The molecule has 2 aromatic rings. The summed E-state index contributed by atoms with van der Waals surface area (Å²) in [5.41, 5.74) is 5.61. The highest BCUT2D eigenvalue weighted by atomic mass is 32.2. The summed E-state index contributed by atoms with van der Waals surface area (Å²) in [5, 5.41) is 13.1. The van der Waals surface area contributed by atoms with Gasteiger partial charge in [0.05, 0.1) is 10.1 Å². The Balaban J connectivity index is 1.47. The monoisotopic (exact) mass is 612 g/mol. The minimum atomic E-state index is -4.19. The zero-order chi connectivity index (χ0) is 30.4. The highest BCUT2D eigenvalue weighted by Crippen LogP contribution is 2.26. The molecule has 0 aromatic heterocycles. The predicted octanol–water partition coefficient (Wildman–Crippen LogP) is 4.70. The van der Waals surface area contributed by atoms with Crippen LogP contribution in [0.15, 0.2) is 84.0 Å². The first-order chi connectivity index (χ1) is 20.2. The molecule has 0 bridgehead atoms. The molecule has 0 heterocycles. The molecule has 0 amide bonds. The van der Waals surface area contributed by atoms with Crippen molar-refractivity contribution < 1.29 is 32.4 Å². The Bertz CT molecular complexity index is 1380. The Morgan fingerprint density at radius 3 is 1.76 bits per heavy atom. The molecule has 11 heteroatoms. The van der Waals surface area contributed by atoms with E-state index in [1.807, 2.05) is 104 Å². The maximum Gasteiger partial charge on any atom is 0.185 e. The van der Waals surface area contributed by atoms with Gasteiger partial charge in [-0.1, -0.05) is 60.7 Å². The van der Waals surface area contributed by atoms with Crippen LogP contribution >= 0.6 is 12.0 Å². The predicted molar refractivity (Wildman–Crippen MR) is 166 cm³/mol. The van der Waals surface area contributed by atoms with Crippen molar-refractivity contribution in [1.29, 1.82) is 0 Å². The number of carbonyl (C=O) groups excluding carboxylic acids is 1. The quantitative estimate of drug-likeness (QED) is 0.0658. The molecule has 0 radical (unpaired) electrons. The second-order valence-corrected chi connectivity index (χ2v) is 12.2. The lowest BCUT2D eigenvalue weighted by molar-refractivity contribution is -0.777. The molecule has 3 rings (SSSR count). The fourth-order valence-corrected chi connectivity index (χ4v) is 5.24. The lowest BCUT2D eigenvalue weighted by atomic mass is 10.1. The van der Waals surface area contributed by atoms with Crippen molar-refractivity contribution >= 4 is 51.5 Å². The number of anilines is 2. The zero-order valence-corrected chi connectivity index (χ0v) is 25.4. The van der Waals surface area contributed by atoms with Crippen LogP contribution < -0.4 is 15.1 Å². The van der Waals surface area contributed by atoms with Crippen LogP contribution in [0.5, 0.6) is 0 Å². The number of hydrogen-bond acceptors (Lipinski definition) is 10. The van der Waals surface area contributed by atoms with Crippen molar-refractivity contribution in [1.82, 2.24) is 0 Å². The standard InChI is InChI=1S/C31H38N2O7S2/c1-32(21-5-23-41-40-39-35)29-17-11-25(12-18-29)7-3-9-27-15-16-28(31(27)34)10-4-8-26-13-19-30(20-14-26)33(2)22-6-24-42(36,37)38/h3-4,7-14,17-20,35H,5-6,15-16,21-24H2,1-2H3,(H,36,37,38)/p-2. The Morgan fingerprint density at radius 2 is 1.31 bits per heavy atom. The van der Waals surface area contributed by atoms with E-state index in [4.69, 9.17) is 0 Å². The average molecular weight is 613 g/mol. The second-order valence-electron chi connectivity index (χ2n) is 9.88. The fourth-order valence-electron chi connectivity index (χ4n) is 4.40. The van der Waals surface area contributed by atoms with E-state index >= 15 is 0 Å². The largest absolute Gasteiger partial charge is 0.748 e. The smallest absolute Gasteiger partial charge is 0.185 e. The highest BCUT2D eigenvalue weighted by Gasteiger charge is 2.21. The normalized spacial score (nSPS) is 16.0. The fraction of sp³-hybridized carbons (Fsp3) is 0.323. The van der Waals surface area contributed by atoms with Gasteiger partial charge in [-0.15, -0.1) is 0 Å². The first kappa shape index (κ1) is 33.3. The van der Waals surface area contributed by atoms with Gasteiger partial charge in [-0.05, 0) is 61.1 Å². The van der Waals surface area contributed by atoms with Crippen molar-refractivity contribution in [3.05, 3.63) is 95.1 Å². The van der Waals surface area contributed by atoms with Crippen LogP contribution in [0.4, 0.5) is 11.4 Å². The summed E-state index contributed by atoms with van der Waals surface area (Å²) in [7, 11) is -0.333. The van der Waals surface area contributed by atoms with Gasteiger partial charge in [0.1, 0.15) is 0 Å². The summed E-state index contributed by atoms with van der Waals surface area (Å²) in [6.45, 7) is 1.29. The summed E-state index contributed by atoms with van der Waals surface area (Å²) in [6.07, 6.45) is 14.0. The molecule has 226 valence electrons. The lowest BCUT2D eigenvalue weighted by Crippen LogP contribution is -2.21. The molecular formula is C31H36N2O7S2-2. The number of benzene rings is 2. The number of nitrogens with zero attached hydrogens (tertiary/aromatic N) is 2. The van der Waals surface area contributed by atoms with Crippen LogP contribution in [-0.4, -0.2) is 57.4 Å². The van der Waals surface area contributed by atoms with Crippen LogP contribution in [0.2, 0.25) is 0 Å². The molecule has 1 aliphatic carbocycles. The first-order valence-corrected chi connectivity index (χ1v) is 16.1. The average Bonchev–Trinajstić information content (AvgIpc) is 3.31. The van der Waals surface area contributed by atoms with Crippen LogP contribution in [0.3, 0.4) is 0 Å². The van der Waals surface area contributed by atoms with Gasteiger partial charge in [-0.3, -0.25) is 9.83 Å². The summed E-state index contributed by atoms with van der Waals surface area (Å²) in [4.78, 5) is 16.8. The van der Waals surface area contributed by atoms with Crippen molar-refractivity contribution in [2.24, 2.45) is 0 Å². The molecule has 1 saturated carbocycles. The van der Waals surface area contributed by atoms with Gasteiger partial charge in [0.15, 0.2) is 5.78 Å². The molecule has 0 N–H and O–H groups in total. The molecule has 0 spiro atoms. The van der Waals surface area contributed by atoms with E-state index in [2.05, 4.69) is 14.3 Å². The van der Waals surface area contributed by atoms with E-state index in [9.17, 15) is 23.0 Å². The third-order valence-electron chi connectivity index (χ3n) is 6.77. The summed E-state index contributed by atoms with van der Waals surface area (Å²) >= 11 is 0.992. The van der Waals surface area contributed by atoms with Crippen molar-refractivity contribution in [3.8, 4) is 0 Å². The van der Waals surface area contributed by atoms with Gasteiger partial charge in [-0.25, -0.2) is 8.42 Å². The maximum atomic E-state index is 12.8. The number of carbonyl (C=O) groups is 1. The van der Waals surface area contributed by atoms with Crippen molar-refractivity contribution in [2.75, 3.05) is 48.5 Å². The lowest BCUT2D eigenvalue weighted by Gasteiger charge is -2.19. The number of Topliss-reactive ketones (excluding diaryl/α,β-unsaturated/α-hetero) is 1. The highest BCUT2D eigenvalue weighted by molar-refractivity contribution is 7.94. The molecule has 42 heavy (non-hydrogen) atoms. The maximum absolute atomic E-state index is 12.8.